The highest BCUT2D eigenvalue weighted by atomic mass is 32.3. The Labute approximate surface area is 639 Å². The third-order valence-corrected chi connectivity index (χ3v) is 17.1. The highest BCUT2D eigenvalue weighted by molar-refractivity contribution is 7.80. The maximum atomic E-state index is 12.6. The van der Waals surface area contributed by atoms with Crippen molar-refractivity contribution in [2.45, 2.75) is 196 Å². The number of aliphatic imine (C=N–C) groups is 4. The number of aliphatic hydroxyl groups excluding tert-OH is 12. The Morgan fingerprint density at radius 3 is 0.973 bits per heavy atom. The number of rotatable bonds is 22. The number of likely N-dealkylation sites (N-methyl/N-ethyl adjacent to an activating group) is 2. The maximum Gasteiger partial charge on any atom is 0.394 e. The predicted octanol–water partition coefficient (Wildman–Crippen LogP) is -17.1. The molecule has 2 aromatic heterocycles. The minimum absolute atomic E-state index is 0.201. The van der Waals surface area contributed by atoms with E-state index in [9.17, 15) is 81.1 Å². The molecule has 30 atom stereocenters. The molecule has 0 spiro atoms. The van der Waals surface area contributed by atoms with Crippen molar-refractivity contribution in [3.63, 3.8) is 0 Å². The van der Waals surface area contributed by atoms with Gasteiger partial charge < -0.3 is 166 Å². The molecule has 2 amide bonds. The Morgan fingerprint density at radius 1 is 0.442 bits per heavy atom. The molecule has 2 saturated carbocycles. The lowest BCUT2D eigenvalue weighted by molar-refractivity contribution is -0.313. The van der Waals surface area contributed by atoms with Crippen molar-refractivity contribution in [3.8, 4) is 0 Å². The molecule has 4 aliphatic heterocycles. The first-order chi connectivity index (χ1) is 52.3. The van der Waals surface area contributed by atoms with E-state index < -0.39 is 263 Å². The van der Waals surface area contributed by atoms with Crippen LogP contribution in [0.1, 0.15) is 34.6 Å². The lowest BCUT2D eigenvalue weighted by Gasteiger charge is -2.45. The van der Waals surface area contributed by atoms with E-state index in [4.69, 9.17) is 136 Å². The first-order valence-electron chi connectivity index (χ1n) is 32.3. The normalized spacial score (nSPS) is 37.0. The topological polar surface area (TPSA) is 971 Å². The Balaban J connectivity index is 0.000000403. The number of amides is 2. The van der Waals surface area contributed by atoms with E-state index in [-0.39, 0.29) is 11.1 Å². The van der Waals surface area contributed by atoms with Crippen molar-refractivity contribution in [3.05, 3.63) is 60.2 Å². The quantitative estimate of drug-likeness (QED) is 0.0225. The number of hydrogen-bond donors (Lipinski definition) is 32. The predicted molar refractivity (Wildman–Crippen MR) is 377 cm³/mol. The first-order valence-corrected chi connectivity index (χ1v) is 36.5. The van der Waals surface area contributed by atoms with E-state index in [2.05, 4.69) is 61.6 Å². The van der Waals surface area contributed by atoms with Crippen molar-refractivity contribution in [2.75, 3.05) is 27.3 Å². The summed E-state index contributed by atoms with van der Waals surface area (Å²) in [6.45, 7) is 1.35. The number of aromatic nitrogens is 2. The first kappa shape index (κ1) is 97.7. The van der Waals surface area contributed by atoms with Crippen LogP contribution in [0.2, 0.25) is 0 Å². The number of ether oxygens (including phenoxy) is 8. The molecule has 2 aliphatic carbocycles. The summed E-state index contributed by atoms with van der Waals surface area (Å²) in [7, 11) is -11.1. The molecule has 0 aromatic carbocycles. The fourth-order valence-electron chi connectivity index (χ4n) is 11.7. The number of aliphatic hydroxyl groups is 14. The van der Waals surface area contributed by atoms with Gasteiger partial charge >= 0.3 is 31.2 Å². The number of nitrogens with one attached hydrogen (secondary N) is 4. The van der Waals surface area contributed by atoms with Crippen LogP contribution in [-0.4, -0.2) is 392 Å². The van der Waals surface area contributed by atoms with Crippen LogP contribution in [0.15, 0.2) is 79.2 Å². The molecule has 0 unspecified atom stereocenters. The number of hydrazone groups is 2. The molecular formula is C54H94N20O36S3. The van der Waals surface area contributed by atoms with Gasteiger partial charge in [0.05, 0.1) is 49.9 Å². The van der Waals surface area contributed by atoms with Crippen LogP contribution in [0, 0.1) is 0 Å². The van der Waals surface area contributed by atoms with E-state index in [1.165, 1.54) is 77.0 Å². The monoisotopic (exact) mass is 1690 g/mol. The van der Waals surface area contributed by atoms with Crippen molar-refractivity contribution in [2.24, 2.45) is 76.0 Å². The zero-order valence-corrected chi connectivity index (χ0v) is 61.7. The molecule has 6 heterocycles. The SMILES string of the molecule is CN[C@@H]1[C@H](O[C@H]2[C@H](O[C@H]3[C@H](O)[C@@H](O)[C@H](N=C(N)N)[C@@H](O)[C@@H]3N=C(N)N)O[C@@H](C)[C@]2(O)/C=N/NC(=O)c2ccncc2)O[C@@H](CO)[C@H](O)[C@H]1O.CN[C@@H]1[C@H](O[C@H]2[C@H](O[C@H]3[C@H](O)[C@@H](O)[C@H](N=C(N)N)[C@@H](O)[C@@H]3N=C(N)N)O[C@@H](C)[C@]2(O)/C=N/NC(=O)c2ccncc2)O[C@@H](CO)[C@H](O)[C@H]1O.O=S(=O)(O)O.O=S(=O)(O)O.O=S(=O)(O)O. The molecular weight excluding hydrogens is 1600 g/mol. The number of carbonyl (C=O) groups is 2. The van der Waals surface area contributed by atoms with Crippen LogP contribution in [0.4, 0.5) is 0 Å². The summed E-state index contributed by atoms with van der Waals surface area (Å²) < 4.78 is 142. The molecule has 6 fully saturated rings. The van der Waals surface area contributed by atoms with Gasteiger partial charge in [-0.05, 0) is 52.2 Å². The van der Waals surface area contributed by atoms with Crippen LogP contribution in [-0.2, 0) is 69.1 Å². The van der Waals surface area contributed by atoms with Gasteiger partial charge in [0.25, 0.3) is 11.8 Å². The number of carbonyl (C=O) groups excluding carboxylic acids is 2. The third-order valence-electron chi connectivity index (χ3n) is 17.1. The number of hydrogen-bond acceptors (Lipinski definition) is 40. The van der Waals surface area contributed by atoms with Crippen molar-refractivity contribution in [1.82, 2.24) is 31.5 Å². The molecule has 6 aliphatic rings. The molecule has 0 radical (unpaired) electrons. The fraction of sp³-hybridized carbons (Fsp3) is 0.667. The highest BCUT2D eigenvalue weighted by Gasteiger charge is 2.63. The molecule has 56 nitrogen and oxygen atoms in total. The second-order valence-corrected chi connectivity index (χ2v) is 27.4. The van der Waals surface area contributed by atoms with Gasteiger partial charge in [0, 0.05) is 35.9 Å². The van der Waals surface area contributed by atoms with Gasteiger partial charge in [-0.15, -0.1) is 0 Å². The summed E-state index contributed by atoms with van der Waals surface area (Å²) in [6.07, 6.45) is -28.0. The minimum atomic E-state index is -4.67. The van der Waals surface area contributed by atoms with Gasteiger partial charge in [-0.25, -0.2) is 30.8 Å². The van der Waals surface area contributed by atoms with Crippen LogP contribution < -0.4 is 67.4 Å². The number of guanidine groups is 4. The molecule has 59 heteroatoms. The average Bonchev–Trinajstić information content (AvgIpc) is 1.17. The zero-order valence-electron chi connectivity index (χ0n) is 59.3. The van der Waals surface area contributed by atoms with E-state index >= 15 is 0 Å². The highest BCUT2D eigenvalue weighted by Crippen LogP contribution is 2.41. The average molecular weight is 1700 g/mol. The van der Waals surface area contributed by atoms with Gasteiger partial charge in [-0.3, -0.25) is 46.9 Å². The standard InChI is InChI=1S/2C27H44N10O12.3H2O4S/c2*1-9-27(45,8-34-37-22(44)10-3-5-33-6-4-10)21(49-23-14(32-2)18(42)15(39)11(7-38)47-23)24(46-9)48-20-13(36-26(30)31)16(40)12(35-25(28)29)17(41)19(20)43;3*1-5(2,3)4/h2*3-6,8-9,11-21,23-24,32,38-43,45H,7H2,1-2H3,(H,37,44)(H4,28,29,35)(H4,30,31,36);3*(H2,1,2,3,4)/b2*34-8+;;;/t2*9-,11-,12+,13-,14-,15-,16+,17-,18-,19+,20+,21-,23-,24-,27+;;;/m00.../s1. The lowest BCUT2D eigenvalue weighted by Crippen LogP contribution is -2.66. The molecule has 2 aromatic rings. The van der Waals surface area contributed by atoms with E-state index in [1.54, 1.807) is 0 Å². The van der Waals surface area contributed by atoms with Crippen molar-refractivity contribution < 1.29 is 172 Å². The summed E-state index contributed by atoms with van der Waals surface area (Å²) in [5.74, 6) is -3.42. The van der Waals surface area contributed by atoms with E-state index in [1.807, 2.05) is 0 Å². The van der Waals surface area contributed by atoms with Gasteiger partial charge in [0.2, 0.25) is 0 Å². The third kappa shape index (κ3) is 27.8. The maximum absolute atomic E-state index is 12.6. The van der Waals surface area contributed by atoms with Crippen LogP contribution in [0.25, 0.3) is 0 Å². The molecule has 644 valence electrons. The van der Waals surface area contributed by atoms with Crippen LogP contribution >= 0.6 is 0 Å². The van der Waals surface area contributed by atoms with Gasteiger partial charge in [-0.2, -0.15) is 35.5 Å². The van der Waals surface area contributed by atoms with Gasteiger partial charge in [0.1, 0.15) is 122 Å². The largest absolute Gasteiger partial charge is 0.394 e. The lowest BCUT2D eigenvalue weighted by atomic mass is 9.81. The minimum Gasteiger partial charge on any atom is -0.394 e. The number of pyridine rings is 2. The van der Waals surface area contributed by atoms with Crippen LogP contribution in [0.5, 0.6) is 0 Å². The zero-order chi connectivity index (χ0) is 85.9. The Hall–Kier alpha value is -7.69. The molecule has 40 N–H and O–H groups in total. The summed E-state index contributed by atoms with van der Waals surface area (Å²) in [6, 6.07) is -2.63. The van der Waals surface area contributed by atoms with E-state index in [0.717, 1.165) is 12.4 Å². The van der Waals surface area contributed by atoms with Gasteiger partial charge in [-0.1, -0.05) is 0 Å². The van der Waals surface area contributed by atoms with Gasteiger partial charge in [0.15, 0.2) is 60.2 Å². The molecule has 4 saturated heterocycles. The fourth-order valence-corrected chi connectivity index (χ4v) is 11.7. The summed E-state index contributed by atoms with van der Waals surface area (Å²) in [5, 5.41) is 165. The Kier molecular flexibility index (Phi) is 36.5. The number of nitrogens with zero attached hydrogens (tertiary/aromatic N) is 8. The second-order valence-electron chi connectivity index (χ2n) is 24.8. The molecule has 113 heavy (non-hydrogen) atoms. The Bertz CT molecular complexity index is 3610. The van der Waals surface area contributed by atoms with E-state index in [0.29, 0.717) is 0 Å². The molecule has 8 rings (SSSR count). The smallest absolute Gasteiger partial charge is 0.394 e. The second kappa shape index (κ2) is 42.3. The summed E-state index contributed by atoms with van der Waals surface area (Å²) >= 11 is 0. The van der Waals surface area contributed by atoms with Crippen LogP contribution in [0.3, 0.4) is 0 Å². The molecule has 0 bridgehead atoms. The van der Waals surface area contributed by atoms with Crippen molar-refractivity contribution in [1.29, 1.82) is 0 Å². The van der Waals surface area contributed by atoms with Crippen molar-refractivity contribution >= 4 is 79.3 Å². The summed E-state index contributed by atoms with van der Waals surface area (Å²) in [4.78, 5) is 48.4. The summed E-state index contributed by atoms with van der Waals surface area (Å²) in [5.41, 5.74) is 44.5. The number of nitrogens with two attached hydrogens (primary N) is 8. The Morgan fingerprint density at radius 2 is 0.717 bits per heavy atom.